The largest absolute Gasteiger partial charge is 0.367 e. The molecule has 0 aliphatic carbocycles. The number of hydrogen-bond acceptors (Lipinski definition) is 5. The second-order valence-electron chi connectivity index (χ2n) is 1.37. The van der Waals surface area contributed by atoms with Crippen LogP contribution in [0.25, 0.3) is 0 Å². The second kappa shape index (κ2) is 3.11. The minimum absolute atomic E-state index is 0.788. The summed E-state index contributed by atoms with van der Waals surface area (Å²) in [7, 11) is -2.76. The predicted molar refractivity (Wildman–Crippen MR) is 29.0 cm³/mol. The molecule has 0 atom stereocenters. The Kier molecular flexibility index (Phi) is 3.06. The van der Waals surface area contributed by atoms with Crippen LogP contribution in [0, 0.1) is 0 Å². The van der Waals surface area contributed by atoms with Crippen LogP contribution in [0.2, 0.25) is 0 Å². The van der Waals surface area contributed by atoms with E-state index >= 15 is 0 Å². The molecule has 0 aliphatic rings. The SMILES string of the molecule is COS(=O)(=O)CC(O)O. The van der Waals surface area contributed by atoms with Crippen molar-refractivity contribution in [3.63, 3.8) is 0 Å². The zero-order chi connectivity index (χ0) is 7.49. The molecule has 0 unspecified atom stereocenters. The van der Waals surface area contributed by atoms with Crippen LogP contribution in [0.1, 0.15) is 0 Å². The maximum absolute atomic E-state index is 10.3. The van der Waals surface area contributed by atoms with Crippen LogP contribution in [0.5, 0.6) is 0 Å². The Hall–Kier alpha value is -0.170. The maximum Gasteiger partial charge on any atom is 0.272 e. The highest BCUT2D eigenvalue weighted by atomic mass is 32.2. The first-order valence-electron chi connectivity index (χ1n) is 2.12. The van der Waals surface area contributed by atoms with Crippen LogP contribution in [0.4, 0.5) is 0 Å². The summed E-state index contributed by atoms with van der Waals surface area (Å²) in [5.74, 6) is -0.788. The molecular weight excluding hydrogens is 148 g/mol. The molecule has 0 radical (unpaired) electrons. The number of aliphatic hydroxyl groups is 2. The second-order valence-corrected chi connectivity index (χ2v) is 3.15. The summed E-state index contributed by atoms with van der Waals surface area (Å²) in [6.45, 7) is 0. The lowest BCUT2D eigenvalue weighted by Crippen LogP contribution is -2.20. The Morgan fingerprint density at radius 1 is 1.56 bits per heavy atom. The summed E-state index contributed by atoms with van der Waals surface area (Å²) in [6, 6.07) is 0. The van der Waals surface area contributed by atoms with Crippen LogP contribution < -0.4 is 0 Å². The van der Waals surface area contributed by atoms with Crippen LogP contribution in [-0.2, 0) is 14.3 Å². The Morgan fingerprint density at radius 2 is 2.00 bits per heavy atom. The molecule has 0 aromatic heterocycles. The monoisotopic (exact) mass is 156 g/mol. The number of rotatable bonds is 3. The van der Waals surface area contributed by atoms with Gasteiger partial charge in [-0.3, -0.25) is 4.18 Å². The van der Waals surface area contributed by atoms with E-state index in [9.17, 15) is 8.42 Å². The third-order valence-corrected chi connectivity index (χ3v) is 1.82. The molecule has 0 saturated carbocycles. The third-order valence-electron chi connectivity index (χ3n) is 0.607. The predicted octanol–water partition coefficient (Wildman–Crippen LogP) is -1.73. The van der Waals surface area contributed by atoms with Gasteiger partial charge in [-0.15, -0.1) is 0 Å². The average Bonchev–Trinajstić information content (AvgIpc) is 1.63. The van der Waals surface area contributed by atoms with E-state index in [-0.39, 0.29) is 0 Å². The molecule has 0 rings (SSSR count). The average molecular weight is 156 g/mol. The standard InChI is InChI=1S/C3H8O5S/c1-8-9(6,7)2-3(4)5/h3-5H,2H2,1H3. The van der Waals surface area contributed by atoms with Gasteiger partial charge in [0.1, 0.15) is 5.75 Å². The first-order valence-corrected chi connectivity index (χ1v) is 3.70. The molecule has 56 valence electrons. The molecule has 6 heteroatoms. The van der Waals surface area contributed by atoms with E-state index in [0.29, 0.717) is 0 Å². The fourth-order valence-electron chi connectivity index (χ4n) is 0.251. The van der Waals surface area contributed by atoms with Crippen molar-refractivity contribution in [2.75, 3.05) is 12.9 Å². The Balaban J connectivity index is 3.90. The molecule has 0 heterocycles. The van der Waals surface area contributed by atoms with E-state index in [1.54, 1.807) is 0 Å². The first kappa shape index (κ1) is 8.83. The highest BCUT2D eigenvalue weighted by Crippen LogP contribution is 1.91. The van der Waals surface area contributed by atoms with E-state index in [2.05, 4.69) is 4.18 Å². The molecular formula is C3H8O5S. The summed E-state index contributed by atoms with van der Waals surface area (Å²) in [6.07, 6.45) is -1.87. The lowest BCUT2D eigenvalue weighted by molar-refractivity contribution is -0.0210. The highest BCUT2D eigenvalue weighted by molar-refractivity contribution is 7.86. The van der Waals surface area contributed by atoms with Crippen LogP contribution in [-0.4, -0.2) is 37.8 Å². The molecule has 0 amide bonds. The van der Waals surface area contributed by atoms with Crippen molar-refractivity contribution in [2.24, 2.45) is 0 Å². The molecule has 0 aromatic rings. The van der Waals surface area contributed by atoms with Gasteiger partial charge in [-0.1, -0.05) is 0 Å². The van der Waals surface area contributed by atoms with Crippen molar-refractivity contribution < 1.29 is 22.8 Å². The van der Waals surface area contributed by atoms with Gasteiger partial charge in [-0.05, 0) is 0 Å². The summed E-state index contributed by atoms with van der Waals surface area (Å²) in [5.41, 5.74) is 0. The molecule has 5 nitrogen and oxygen atoms in total. The lowest BCUT2D eigenvalue weighted by Gasteiger charge is -2.00. The molecule has 0 fully saturated rings. The summed E-state index contributed by atoms with van der Waals surface area (Å²) in [5, 5.41) is 16.2. The van der Waals surface area contributed by atoms with E-state index < -0.39 is 22.2 Å². The molecule has 2 N–H and O–H groups in total. The first-order chi connectivity index (χ1) is 3.98. The van der Waals surface area contributed by atoms with Crippen molar-refractivity contribution in [3.05, 3.63) is 0 Å². The van der Waals surface area contributed by atoms with Gasteiger partial charge in [-0.25, -0.2) is 0 Å². The van der Waals surface area contributed by atoms with Crippen LogP contribution in [0.3, 0.4) is 0 Å². The molecule has 9 heavy (non-hydrogen) atoms. The van der Waals surface area contributed by atoms with Gasteiger partial charge in [0.15, 0.2) is 6.29 Å². The molecule has 0 aromatic carbocycles. The van der Waals surface area contributed by atoms with E-state index in [1.807, 2.05) is 0 Å². The van der Waals surface area contributed by atoms with E-state index in [1.165, 1.54) is 0 Å². The Morgan fingerprint density at radius 3 is 2.11 bits per heavy atom. The fourth-order valence-corrected chi connectivity index (χ4v) is 0.752. The molecule has 0 saturated heterocycles. The van der Waals surface area contributed by atoms with Crippen LogP contribution >= 0.6 is 0 Å². The minimum Gasteiger partial charge on any atom is -0.367 e. The summed E-state index contributed by atoms with van der Waals surface area (Å²) >= 11 is 0. The van der Waals surface area contributed by atoms with Gasteiger partial charge in [0, 0.05) is 0 Å². The smallest absolute Gasteiger partial charge is 0.272 e. The highest BCUT2D eigenvalue weighted by Gasteiger charge is 2.12. The van der Waals surface area contributed by atoms with Crippen molar-refractivity contribution >= 4 is 10.1 Å². The summed E-state index contributed by atoms with van der Waals surface area (Å²) < 4.78 is 24.4. The normalized spacial score (nSPS) is 12.4. The lowest BCUT2D eigenvalue weighted by atomic mass is 10.8. The fraction of sp³-hybridized carbons (Fsp3) is 1.00. The van der Waals surface area contributed by atoms with Gasteiger partial charge >= 0.3 is 0 Å². The van der Waals surface area contributed by atoms with Gasteiger partial charge < -0.3 is 10.2 Å². The van der Waals surface area contributed by atoms with Gasteiger partial charge in [-0.2, -0.15) is 8.42 Å². The number of aliphatic hydroxyl groups excluding tert-OH is 1. The topological polar surface area (TPSA) is 83.8 Å². The number of hydrogen-bond donors (Lipinski definition) is 2. The zero-order valence-electron chi connectivity index (χ0n) is 4.81. The maximum atomic E-state index is 10.3. The van der Waals surface area contributed by atoms with Gasteiger partial charge in [0.2, 0.25) is 0 Å². The molecule has 0 aliphatic heterocycles. The van der Waals surface area contributed by atoms with Crippen molar-refractivity contribution in [2.45, 2.75) is 6.29 Å². The molecule has 0 spiro atoms. The van der Waals surface area contributed by atoms with Gasteiger partial charge in [0.25, 0.3) is 10.1 Å². The van der Waals surface area contributed by atoms with Crippen molar-refractivity contribution in [1.82, 2.24) is 0 Å². The van der Waals surface area contributed by atoms with Crippen molar-refractivity contribution in [3.8, 4) is 0 Å². The Labute approximate surface area is 53.0 Å². The van der Waals surface area contributed by atoms with Gasteiger partial charge in [0.05, 0.1) is 7.11 Å². The van der Waals surface area contributed by atoms with E-state index in [4.69, 9.17) is 10.2 Å². The van der Waals surface area contributed by atoms with Crippen molar-refractivity contribution in [1.29, 1.82) is 0 Å². The Bertz CT molecular complexity index is 157. The van der Waals surface area contributed by atoms with E-state index in [0.717, 1.165) is 7.11 Å². The molecule has 0 bridgehead atoms. The summed E-state index contributed by atoms with van der Waals surface area (Å²) in [4.78, 5) is 0. The van der Waals surface area contributed by atoms with Crippen LogP contribution in [0.15, 0.2) is 0 Å². The quantitative estimate of drug-likeness (QED) is 0.375. The zero-order valence-corrected chi connectivity index (χ0v) is 5.63. The minimum atomic E-state index is -3.72. The third kappa shape index (κ3) is 4.34.